The summed E-state index contributed by atoms with van der Waals surface area (Å²) in [6, 6.07) is 3.25. The molecule has 0 aliphatic carbocycles. The Hall–Kier alpha value is -2.76. The molecule has 3 heterocycles. The number of sulfonamides is 1. The predicted octanol–water partition coefficient (Wildman–Crippen LogP) is 2.83. The summed E-state index contributed by atoms with van der Waals surface area (Å²) in [6.45, 7) is -6.88. The summed E-state index contributed by atoms with van der Waals surface area (Å²) in [7, 11) is -4.26. The standard InChI is InChI=1S/C25H36N6O4S/c1-5-8-20-22-23(31(4)29-20)25(32)28-24(27-22)19-16-18(10-11-21(19)35-15-6-2)36(33,34)26-13-12-17-9-7-14-30(17)3/h10-11,16-17,26H,5-9,12-15H2,1-4H3,(H,27,28,32)/i1D3,3D3,4D3,5D2,8D2. The van der Waals surface area contributed by atoms with Crippen LogP contribution in [0.25, 0.3) is 22.4 Å². The number of nitrogens with one attached hydrogen (secondary N) is 2. The van der Waals surface area contributed by atoms with Crippen molar-refractivity contribution in [3.05, 3.63) is 34.2 Å². The third-order valence-electron chi connectivity index (χ3n) is 5.84. The second kappa shape index (κ2) is 11.1. The summed E-state index contributed by atoms with van der Waals surface area (Å²) in [6.07, 6.45) is -5.19. The Labute approximate surface area is 230 Å². The fourth-order valence-corrected chi connectivity index (χ4v) is 5.15. The van der Waals surface area contributed by atoms with Gasteiger partial charge in [-0.3, -0.25) is 9.48 Å². The van der Waals surface area contributed by atoms with Crippen LogP contribution in [0, 0.1) is 0 Å². The molecule has 3 aromatic rings. The number of fused-ring (bicyclic) bond motifs is 1. The van der Waals surface area contributed by atoms with E-state index in [0.717, 1.165) is 6.07 Å². The molecule has 1 atom stereocenters. The summed E-state index contributed by atoms with van der Waals surface area (Å²) in [5.74, 6) is -0.412. The molecular formula is C25H36N6O4S. The minimum absolute atomic E-state index is 0.0215. The minimum atomic E-state index is -4.26. The van der Waals surface area contributed by atoms with Gasteiger partial charge < -0.3 is 14.6 Å². The number of hydrogen-bond acceptors (Lipinski definition) is 7. The Morgan fingerprint density at radius 3 is 3.03 bits per heavy atom. The molecule has 1 aromatic carbocycles. The van der Waals surface area contributed by atoms with Crippen molar-refractivity contribution in [1.29, 1.82) is 0 Å². The number of aryl methyl sites for hydroxylation is 2. The molecule has 2 N–H and O–H groups in total. The number of likely N-dealkylation sites (tertiary alicyclic amines) is 1. The lowest BCUT2D eigenvalue weighted by Crippen LogP contribution is -2.31. The van der Waals surface area contributed by atoms with E-state index in [9.17, 15) is 13.2 Å². The predicted molar refractivity (Wildman–Crippen MR) is 140 cm³/mol. The quantitative estimate of drug-likeness (QED) is 0.392. The van der Waals surface area contributed by atoms with Crippen LogP contribution in [0.5, 0.6) is 5.75 Å². The minimum Gasteiger partial charge on any atom is -0.493 e. The maximum atomic E-state index is 13.4. The first kappa shape index (κ1) is 14.3. The van der Waals surface area contributed by atoms with Crippen molar-refractivity contribution in [2.75, 3.05) is 26.7 Å². The van der Waals surface area contributed by atoms with Crippen LogP contribution in [0.15, 0.2) is 27.9 Å². The van der Waals surface area contributed by atoms with E-state index in [1.165, 1.54) is 17.0 Å². The average molecular weight is 530 g/mol. The van der Waals surface area contributed by atoms with Crippen molar-refractivity contribution in [2.24, 2.45) is 6.98 Å². The van der Waals surface area contributed by atoms with Crippen molar-refractivity contribution in [3.63, 3.8) is 0 Å². The molecule has 36 heavy (non-hydrogen) atoms. The fourth-order valence-electron chi connectivity index (χ4n) is 4.08. The summed E-state index contributed by atoms with van der Waals surface area (Å²) in [5, 5.41) is 3.65. The van der Waals surface area contributed by atoms with E-state index < -0.39 is 71.7 Å². The zero-order chi connectivity index (χ0) is 37.0. The lowest BCUT2D eigenvalue weighted by Gasteiger charge is -2.19. The zero-order valence-corrected chi connectivity index (χ0v) is 20.4. The van der Waals surface area contributed by atoms with Crippen molar-refractivity contribution in [3.8, 4) is 17.1 Å². The van der Waals surface area contributed by atoms with Gasteiger partial charge in [0.1, 0.15) is 17.1 Å². The summed E-state index contributed by atoms with van der Waals surface area (Å²) >= 11 is 0. The molecule has 1 saturated heterocycles. The Morgan fingerprint density at radius 2 is 2.25 bits per heavy atom. The molecule has 1 aliphatic heterocycles. The van der Waals surface area contributed by atoms with E-state index >= 15 is 0 Å². The number of benzene rings is 1. The van der Waals surface area contributed by atoms with Gasteiger partial charge in [-0.05, 0) is 63.8 Å². The Kier molecular flexibility index (Phi) is 4.39. The molecule has 4 rings (SSSR count). The van der Waals surface area contributed by atoms with Gasteiger partial charge in [0.15, 0.2) is 5.52 Å². The van der Waals surface area contributed by atoms with Crippen LogP contribution in [-0.2, 0) is 23.4 Å². The highest BCUT2D eigenvalue weighted by atomic mass is 32.2. The molecule has 1 aliphatic rings. The number of rotatable bonds is 11. The first-order chi connectivity index (χ1) is 22.3. The largest absolute Gasteiger partial charge is 0.493 e. The van der Waals surface area contributed by atoms with Gasteiger partial charge >= 0.3 is 0 Å². The molecule has 0 spiro atoms. The van der Waals surface area contributed by atoms with Gasteiger partial charge in [-0.2, -0.15) is 5.10 Å². The van der Waals surface area contributed by atoms with Crippen molar-refractivity contribution >= 4 is 21.1 Å². The van der Waals surface area contributed by atoms with Gasteiger partial charge in [-0.1, -0.05) is 20.1 Å². The highest BCUT2D eigenvalue weighted by Crippen LogP contribution is 2.31. The zero-order valence-electron chi connectivity index (χ0n) is 32.6. The number of hydrogen-bond donors (Lipinski definition) is 2. The number of aromatic amines is 1. The molecular weight excluding hydrogens is 480 g/mol. The first-order valence-corrected chi connectivity index (χ1v) is 12.9. The molecule has 0 bridgehead atoms. The molecule has 2 aromatic heterocycles. The van der Waals surface area contributed by atoms with Crippen LogP contribution in [0.3, 0.4) is 0 Å². The van der Waals surface area contributed by atoms with Gasteiger partial charge in [0, 0.05) is 37.4 Å². The maximum absolute atomic E-state index is 13.4. The van der Waals surface area contributed by atoms with Crippen LogP contribution in [-0.4, -0.2) is 65.8 Å². The first-order valence-electron chi connectivity index (χ1n) is 17.9. The topological polar surface area (TPSA) is 122 Å². The van der Waals surface area contributed by atoms with E-state index in [2.05, 4.69) is 19.8 Å². The molecule has 196 valence electrons. The summed E-state index contributed by atoms with van der Waals surface area (Å²) in [5.41, 5.74) is -3.96. The average Bonchev–Trinajstić information content (AvgIpc) is 3.61. The number of nitrogens with zero attached hydrogens (tertiary/aromatic N) is 4. The third kappa shape index (κ3) is 5.47. The Bertz CT molecular complexity index is 1850. The molecule has 1 fully saturated rings. The van der Waals surface area contributed by atoms with Gasteiger partial charge in [-0.25, -0.2) is 18.1 Å². The summed E-state index contributed by atoms with van der Waals surface area (Å²) < 4.78 is 138. The Balaban J connectivity index is 1.84. The van der Waals surface area contributed by atoms with E-state index in [4.69, 9.17) is 22.6 Å². The second-order valence-corrected chi connectivity index (χ2v) is 10.1. The van der Waals surface area contributed by atoms with Gasteiger partial charge in [0.2, 0.25) is 10.0 Å². The van der Waals surface area contributed by atoms with Crippen LogP contribution in [0.4, 0.5) is 0 Å². The number of ether oxygens (including phenoxy) is 1. The van der Waals surface area contributed by atoms with Crippen LogP contribution in [0.1, 0.15) is 69.3 Å². The van der Waals surface area contributed by atoms with Crippen molar-refractivity contribution in [2.45, 2.75) is 63.1 Å². The van der Waals surface area contributed by atoms with E-state index in [1.54, 1.807) is 6.92 Å². The second-order valence-electron chi connectivity index (χ2n) is 8.30. The monoisotopic (exact) mass is 529 g/mol. The highest BCUT2D eigenvalue weighted by molar-refractivity contribution is 7.89. The molecule has 10 nitrogen and oxygen atoms in total. The fraction of sp³-hybridized carbons (Fsp3) is 0.560. The molecule has 0 radical (unpaired) electrons. The summed E-state index contributed by atoms with van der Waals surface area (Å²) in [4.78, 5) is 21.0. The Morgan fingerprint density at radius 1 is 1.36 bits per heavy atom. The van der Waals surface area contributed by atoms with Crippen molar-refractivity contribution in [1.82, 2.24) is 29.4 Å². The highest BCUT2D eigenvalue weighted by Gasteiger charge is 2.23. The lowest BCUT2D eigenvalue weighted by atomic mass is 10.1. The number of aromatic nitrogens is 4. The van der Waals surface area contributed by atoms with E-state index in [1.807, 2.05) is 0 Å². The van der Waals surface area contributed by atoms with E-state index in [0.29, 0.717) is 25.8 Å². The molecule has 11 heteroatoms. The van der Waals surface area contributed by atoms with Gasteiger partial charge in [0.05, 0.1) is 22.8 Å². The number of H-pyrrole nitrogens is 1. The van der Waals surface area contributed by atoms with Crippen LogP contribution >= 0.6 is 0 Å². The molecule has 0 amide bonds. The van der Waals surface area contributed by atoms with E-state index in [-0.39, 0.29) is 46.5 Å². The van der Waals surface area contributed by atoms with Gasteiger partial charge in [0.25, 0.3) is 5.56 Å². The molecule has 1 unspecified atom stereocenters. The third-order valence-corrected chi connectivity index (χ3v) is 7.30. The van der Waals surface area contributed by atoms with Gasteiger partial charge in [-0.15, -0.1) is 0 Å². The van der Waals surface area contributed by atoms with Crippen LogP contribution in [0.2, 0.25) is 0 Å². The normalized spacial score (nSPS) is 23.9. The SMILES string of the molecule is [2H]C([2H])([2H])N1CCCC1CCNS(=O)(=O)c1ccc(OCCC)c(-c2nc3c(C([2H])([2H])C([2H])([2H])C([2H])([2H])[2H])nn(C([2H])([2H])[2H])c3c(=O)[nH]2)c1. The smallest absolute Gasteiger partial charge is 0.277 e. The maximum Gasteiger partial charge on any atom is 0.277 e. The molecule has 0 saturated carbocycles. The van der Waals surface area contributed by atoms with Crippen LogP contribution < -0.4 is 15.0 Å². The van der Waals surface area contributed by atoms with Crippen molar-refractivity contribution < 1.29 is 31.0 Å². The lowest BCUT2D eigenvalue weighted by molar-refractivity contribution is 0.297.